The Kier molecular flexibility index (Phi) is 4.78. The molecule has 0 spiro atoms. The van der Waals surface area contributed by atoms with Gasteiger partial charge in [-0.05, 0) is 36.6 Å². The van der Waals surface area contributed by atoms with Crippen LogP contribution < -0.4 is 5.32 Å². The van der Waals surface area contributed by atoms with Gasteiger partial charge in [-0.2, -0.15) is 5.11 Å². The third-order valence-electron chi connectivity index (χ3n) is 5.54. The van der Waals surface area contributed by atoms with Crippen molar-refractivity contribution in [3.63, 3.8) is 0 Å². The van der Waals surface area contributed by atoms with E-state index in [0.717, 1.165) is 11.1 Å². The van der Waals surface area contributed by atoms with Crippen molar-refractivity contribution in [1.82, 2.24) is 9.78 Å². The summed E-state index contributed by atoms with van der Waals surface area (Å²) >= 11 is 0. The van der Waals surface area contributed by atoms with Crippen molar-refractivity contribution in [1.29, 1.82) is 0 Å². The zero-order valence-corrected chi connectivity index (χ0v) is 16.8. The fourth-order valence-electron chi connectivity index (χ4n) is 4.25. The number of ether oxygens (including phenoxy) is 2. The second-order valence-electron chi connectivity index (χ2n) is 7.38. The Bertz CT molecular complexity index is 1140. The molecule has 1 aliphatic carbocycles. The van der Waals surface area contributed by atoms with Crippen molar-refractivity contribution < 1.29 is 19.4 Å². The molecule has 0 fully saturated rings. The summed E-state index contributed by atoms with van der Waals surface area (Å²) < 4.78 is 12.3. The van der Waals surface area contributed by atoms with Crippen LogP contribution >= 0.6 is 0 Å². The summed E-state index contributed by atoms with van der Waals surface area (Å²) in [5, 5.41) is 26.5. The maximum atomic E-state index is 12.1. The molecule has 0 bridgehead atoms. The van der Waals surface area contributed by atoms with E-state index in [2.05, 4.69) is 20.6 Å². The molecular formula is C22H21N5O4. The highest BCUT2D eigenvalue weighted by Crippen LogP contribution is 2.50. The topological polar surface area (TPSA) is 110 Å². The summed E-state index contributed by atoms with van der Waals surface area (Å²) in [4.78, 5) is 12.1. The van der Waals surface area contributed by atoms with E-state index in [-0.39, 0.29) is 30.1 Å². The first kappa shape index (κ1) is 19.1. The van der Waals surface area contributed by atoms with Crippen molar-refractivity contribution in [3.05, 3.63) is 65.7 Å². The smallest absolute Gasteiger partial charge is 0.491 e. The lowest BCUT2D eigenvalue weighted by Crippen LogP contribution is -2.43. The van der Waals surface area contributed by atoms with Gasteiger partial charge >= 0.3 is 6.16 Å². The van der Waals surface area contributed by atoms with Crippen molar-refractivity contribution in [2.45, 2.75) is 25.6 Å². The number of anilines is 1. The predicted octanol–water partition coefficient (Wildman–Crippen LogP) is 4.69. The summed E-state index contributed by atoms with van der Waals surface area (Å²) in [6.07, 6.45) is -0.733. The Morgan fingerprint density at radius 1 is 1.19 bits per heavy atom. The average Bonchev–Trinajstić information content (AvgIpc) is 3.31. The third-order valence-corrected chi connectivity index (χ3v) is 5.54. The van der Waals surface area contributed by atoms with E-state index in [1.807, 2.05) is 42.5 Å². The van der Waals surface area contributed by atoms with E-state index in [4.69, 9.17) is 9.47 Å². The Hall–Kier alpha value is -3.88. The van der Waals surface area contributed by atoms with E-state index in [1.165, 1.54) is 0 Å². The van der Waals surface area contributed by atoms with Crippen molar-refractivity contribution in [2.75, 3.05) is 11.9 Å². The van der Waals surface area contributed by atoms with E-state index in [0.29, 0.717) is 17.9 Å². The molecule has 5 rings (SSSR count). The van der Waals surface area contributed by atoms with Gasteiger partial charge in [-0.3, -0.25) is 0 Å². The monoisotopic (exact) mass is 419 g/mol. The minimum absolute atomic E-state index is 0.118. The van der Waals surface area contributed by atoms with E-state index in [1.54, 1.807) is 23.7 Å². The van der Waals surface area contributed by atoms with Gasteiger partial charge in [-0.25, -0.2) is 9.48 Å². The second-order valence-corrected chi connectivity index (χ2v) is 7.38. The fourth-order valence-corrected chi connectivity index (χ4v) is 4.25. The number of fused-ring (bicyclic) bond motifs is 5. The summed E-state index contributed by atoms with van der Waals surface area (Å²) in [6, 6.07) is 17.0. The van der Waals surface area contributed by atoms with Crippen LogP contribution in [0, 0.1) is 5.92 Å². The molecule has 2 N–H and O–H groups in total. The molecule has 1 aromatic heterocycles. The van der Waals surface area contributed by atoms with Crippen LogP contribution in [-0.4, -0.2) is 33.9 Å². The highest BCUT2D eigenvalue weighted by molar-refractivity contribution is 5.70. The zero-order valence-electron chi connectivity index (χ0n) is 16.8. The number of aromatic hydroxyl groups is 1. The molecule has 31 heavy (non-hydrogen) atoms. The fraction of sp³-hybridized carbons (Fsp3) is 0.273. The van der Waals surface area contributed by atoms with Crippen molar-refractivity contribution in [2.24, 2.45) is 16.1 Å². The first-order chi connectivity index (χ1) is 15.2. The molecule has 0 saturated heterocycles. The van der Waals surface area contributed by atoms with E-state index >= 15 is 0 Å². The van der Waals surface area contributed by atoms with Crippen LogP contribution in [0.1, 0.15) is 24.1 Å². The van der Waals surface area contributed by atoms with Gasteiger partial charge in [-0.15, -0.1) is 10.2 Å². The predicted molar refractivity (Wildman–Crippen MR) is 112 cm³/mol. The number of carbonyl (C=O) groups excluding carboxylic acids is 1. The SMILES string of the molecule is CCOC(=O)OC1Nc2c(N=Nc3ccccc3)c(O)nn2C2c3ccccc3CC12. The highest BCUT2D eigenvalue weighted by atomic mass is 16.7. The molecule has 158 valence electrons. The molecule has 1 aliphatic heterocycles. The first-order valence-electron chi connectivity index (χ1n) is 10.1. The van der Waals surface area contributed by atoms with Crippen LogP contribution in [0.4, 0.5) is 22.0 Å². The zero-order chi connectivity index (χ0) is 21.4. The van der Waals surface area contributed by atoms with Crippen LogP contribution in [0.25, 0.3) is 0 Å². The lowest BCUT2D eigenvalue weighted by molar-refractivity contribution is 0.00550. The van der Waals surface area contributed by atoms with Gasteiger partial charge in [0, 0.05) is 5.92 Å². The van der Waals surface area contributed by atoms with Crippen LogP contribution in [0.2, 0.25) is 0 Å². The minimum Gasteiger partial charge on any atom is -0.491 e. The van der Waals surface area contributed by atoms with Gasteiger partial charge in [0.25, 0.3) is 5.88 Å². The summed E-state index contributed by atoms with van der Waals surface area (Å²) in [5.74, 6) is 0.0686. The second kappa shape index (κ2) is 7.75. The Balaban J connectivity index is 1.56. The molecule has 0 saturated carbocycles. The normalized spacial score (nSPS) is 21.1. The van der Waals surface area contributed by atoms with Crippen LogP contribution in [0.5, 0.6) is 5.88 Å². The maximum Gasteiger partial charge on any atom is 0.510 e. The molecule has 0 radical (unpaired) electrons. The standard InChI is InChI=1S/C22H21N5O4/c1-2-30-22(29)31-21-16-12-13-8-6-7-11-15(13)18(16)27-19(23-21)17(20(28)26-27)25-24-14-9-4-3-5-10-14/h3-11,16,18,21,23H,2,12H2,1H3,(H,26,28). The Morgan fingerprint density at radius 2 is 1.97 bits per heavy atom. The summed E-state index contributed by atoms with van der Waals surface area (Å²) in [6.45, 7) is 1.94. The van der Waals surface area contributed by atoms with Crippen LogP contribution in [0.3, 0.4) is 0 Å². The molecule has 3 unspecified atom stereocenters. The van der Waals surface area contributed by atoms with Gasteiger partial charge in [0.1, 0.15) is 0 Å². The van der Waals surface area contributed by atoms with Gasteiger partial charge in [0.15, 0.2) is 17.7 Å². The number of benzene rings is 2. The number of nitrogens with one attached hydrogen (secondary N) is 1. The first-order valence-corrected chi connectivity index (χ1v) is 10.1. The number of hydrogen-bond donors (Lipinski definition) is 2. The van der Waals surface area contributed by atoms with Gasteiger partial charge in [0.05, 0.1) is 18.3 Å². The number of aromatic nitrogens is 2. The molecule has 0 amide bonds. The molecule has 2 aliphatic rings. The van der Waals surface area contributed by atoms with Gasteiger partial charge in [-0.1, -0.05) is 42.5 Å². The number of nitrogens with zero attached hydrogens (tertiary/aromatic N) is 4. The largest absolute Gasteiger partial charge is 0.510 e. The Labute approximate surface area is 178 Å². The molecule has 3 atom stereocenters. The van der Waals surface area contributed by atoms with Crippen LogP contribution in [-0.2, 0) is 15.9 Å². The molecular weight excluding hydrogens is 398 g/mol. The molecule has 9 heteroatoms. The van der Waals surface area contributed by atoms with Gasteiger partial charge < -0.3 is 19.9 Å². The number of carbonyl (C=O) groups is 1. The number of rotatable bonds is 4. The molecule has 2 aromatic carbocycles. The highest BCUT2D eigenvalue weighted by Gasteiger charge is 2.47. The summed E-state index contributed by atoms with van der Waals surface area (Å²) in [5.41, 5.74) is 3.04. The molecule has 3 aromatic rings. The number of azo groups is 1. The van der Waals surface area contributed by atoms with E-state index in [9.17, 15) is 9.90 Å². The average molecular weight is 419 g/mol. The Morgan fingerprint density at radius 3 is 2.77 bits per heavy atom. The lowest BCUT2D eigenvalue weighted by atomic mass is 9.96. The summed E-state index contributed by atoms with van der Waals surface area (Å²) in [7, 11) is 0. The van der Waals surface area contributed by atoms with Gasteiger partial charge in [0.2, 0.25) is 0 Å². The van der Waals surface area contributed by atoms with E-state index < -0.39 is 12.4 Å². The number of hydrogen-bond acceptors (Lipinski definition) is 8. The molecule has 2 heterocycles. The van der Waals surface area contributed by atoms with Crippen molar-refractivity contribution in [3.8, 4) is 5.88 Å². The molecule has 9 nitrogen and oxygen atoms in total. The lowest BCUT2D eigenvalue weighted by Gasteiger charge is -2.35. The quantitative estimate of drug-likeness (QED) is 0.469. The van der Waals surface area contributed by atoms with Crippen molar-refractivity contribution >= 4 is 23.3 Å². The minimum atomic E-state index is -0.751. The van der Waals surface area contributed by atoms with Crippen LogP contribution in [0.15, 0.2) is 64.8 Å². The third kappa shape index (κ3) is 3.37. The maximum absolute atomic E-state index is 12.1.